The molecule has 1 aromatic carbocycles. The summed E-state index contributed by atoms with van der Waals surface area (Å²) >= 11 is 0. The van der Waals surface area contributed by atoms with E-state index < -0.39 is 0 Å². The van der Waals surface area contributed by atoms with Gasteiger partial charge in [-0.2, -0.15) is 5.26 Å². The Morgan fingerprint density at radius 2 is 2.00 bits per heavy atom. The van der Waals surface area contributed by atoms with Crippen molar-refractivity contribution in [1.29, 1.82) is 5.26 Å². The third-order valence-corrected chi connectivity index (χ3v) is 2.55. The molecule has 0 heterocycles. The Kier molecular flexibility index (Phi) is 5.68. The molecule has 0 aliphatic carbocycles. The summed E-state index contributed by atoms with van der Waals surface area (Å²) in [7, 11) is 4.99. The van der Waals surface area contributed by atoms with Crippen molar-refractivity contribution in [2.45, 2.75) is 12.8 Å². The first kappa shape index (κ1) is 14.8. The van der Waals surface area contributed by atoms with Crippen LogP contribution in [-0.4, -0.2) is 38.6 Å². The molecule has 0 aliphatic rings. The summed E-state index contributed by atoms with van der Waals surface area (Å²) in [5.41, 5.74) is 0.485. The van der Waals surface area contributed by atoms with Gasteiger partial charge in [0.25, 0.3) is 0 Å². The Bertz CT molecular complexity index is 478. The molecule has 0 fully saturated rings. The van der Waals surface area contributed by atoms with Crippen LogP contribution >= 0.6 is 0 Å². The van der Waals surface area contributed by atoms with Gasteiger partial charge in [-0.3, -0.25) is 4.79 Å². The van der Waals surface area contributed by atoms with Crippen molar-refractivity contribution < 1.29 is 14.3 Å². The number of carbonyl (C=O) groups excluding carboxylic acids is 1. The molecule has 102 valence electrons. The molecule has 0 saturated carbocycles. The minimum Gasteiger partial charge on any atom is -0.497 e. The average Bonchev–Trinajstić information content (AvgIpc) is 2.42. The third-order valence-electron chi connectivity index (χ3n) is 2.55. The number of hydrogen-bond donors (Lipinski definition) is 0. The minimum absolute atomic E-state index is 0.0759. The lowest BCUT2D eigenvalue weighted by Gasteiger charge is -2.11. The van der Waals surface area contributed by atoms with Crippen molar-refractivity contribution in [1.82, 2.24) is 4.90 Å². The van der Waals surface area contributed by atoms with Gasteiger partial charge in [0.15, 0.2) is 0 Å². The maximum absolute atomic E-state index is 11.4. The van der Waals surface area contributed by atoms with Crippen molar-refractivity contribution in [3.63, 3.8) is 0 Å². The number of ether oxygens (including phenoxy) is 2. The van der Waals surface area contributed by atoms with Crippen LogP contribution < -0.4 is 9.47 Å². The van der Waals surface area contributed by atoms with Crippen LogP contribution in [0, 0.1) is 11.3 Å². The standard InChI is InChI=1S/C14H18N2O3/c1-16(2)14(17)5-4-6-19-13-8-11(10-15)7-12(9-13)18-3/h7-9H,4-6H2,1-3H3. The summed E-state index contributed by atoms with van der Waals surface area (Å²) < 4.78 is 10.6. The van der Waals surface area contributed by atoms with E-state index in [4.69, 9.17) is 14.7 Å². The van der Waals surface area contributed by atoms with E-state index in [9.17, 15) is 4.79 Å². The van der Waals surface area contributed by atoms with Gasteiger partial charge < -0.3 is 14.4 Å². The summed E-state index contributed by atoms with van der Waals surface area (Å²) in [5.74, 6) is 1.23. The second kappa shape index (κ2) is 7.27. The maximum Gasteiger partial charge on any atom is 0.222 e. The van der Waals surface area contributed by atoms with E-state index in [1.165, 1.54) is 7.11 Å². The largest absolute Gasteiger partial charge is 0.497 e. The van der Waals surface area contributed by atoms with Gasteiger partial charge in [0.05, 0.1) is 25.3 Å². The molecule has 0 saturated heterocycles. The first-order valence-electron chi connectivity index (χ1n) is 5.99. The molecule has 0 aromatic heterocycles. The van der Waals surface area contributed by atoms with Crippen molar-refractivity contribution in [3.8, 4) is 17.6 Å². The molecule has 0 atom stereocenters. The summed E-state index contributed by atoms with van der Waals surface area (Å²) in [6, 6.07) is 7.05. The average molecular weight is 262 g/mol. The molecule has 0 bridgehead atoms. The number of nitriles is 1. The predicted octanol–water partition coefficient (Wildman–Crippen LogP) is 1.81. The SMILES string of the molecule is COc1cc(C#N)cc(OCCCC(=O)N(C)C)c1. The van der Waals surface area contributed by atoms with Crippen molar-refractivity contribution in [2.75, 3.05) is 27.8 Å². The molecule has 1 rings (SSSR count). The quantitative estimate of drug-likeness (QED) is 0.733. The molecule has 19 heavy (non-hydrogen) atoms. The van der Waals surface area contributed by atoms with E-state index in [1.807, 2.05) is 6.07 Å². The monoisotopic (exact) mass is 262 g/mol. The molecule has 0 N–H and O–H groups in total. The summed E-state index contributed by atoms with van der Waals surface area (Å²) in [5, 5.41) is 8.88. The smallest absolute Gasteiger partial charge is 0.222 e. The molecule has 1 amide bonds. The lowest BCUT2D eigenvalue weighted by Crippen LogP contribution is -2.21. The fraction of sp³-hybridized carbons (Fsp3) is 0.429. The summed E-state index contributed by atoms with van der Waals surface area (Å²) in [6.07, 6.45) is 1.08. The van der Waals surface area contributed by atoms with Crippen molar-refractivity contribution in [2.24, 2.45) is 0 Å². The summed E-state index contributed by atoms with van der Waals surface area (Å²) in [4.78, 5) is 12.9. The highest BCUT2D eigenvalue weighted by atomic mass is 16.5. The van der Waals surface area contributed by atoms with Crippen LogP contribution in [0.5, 0.6) is 11.5 Å². The van der Waals surface area contributed by atoms with E-state index >= 15 is 0 Å². The fourth-order valence-electron chi connectivity index (χ4n) is 1.47. The molecular weight excluding hydrogens is 244 g/mol. The molecule has 5 nitrogen and oxygen atoms in total. The van der Waals surface area contributed by atoms with Gasteiger partial charge in [-0.25, -0.2) is 0 Å². The highest BCUT2D eigenvalue weighted by Crippen LogP contribution is 2.22. The molecule has 0 spiro atoms. The Morgan fingerprint density at radius 1 is 1.32 bits per heavy atom. The number of rotatable bonds is 6. The number of benzene rings is 1. The second-order valence-corrected chi connectivity index (χ2v) is 4.25. The van der Waals surface area contributed by atoms with Crippen LogP contribution in [-0.2, 0) is 4.79 Å². The van der Waals surface area contributed by atoms with E-state index in [1.54, 1.807) is 37.2 Å². The number of nitrogens with zero attached hydrogens (tertiary/aromatic N) is 2. The fourth-order valence-corrected chi connectivity index (χ4v) is 1.47. The number of methoxy groups -OCH3 is 1. The normalized spacial score (nSPS) is 9.58. The zero-order valence-corrected chi connectivity index (χ0v) is 11.5. The van der Waals surface area contributed by atoms with Gasteiger partial charge in [0.1, 0.15) is 11.5 Å². The Morgan fingerprint density at radius 3 is 2.58 bits per heavy atom. The minimum atomic E-state index is 0.0759. The lowest BCUT2D eigenvalue weighted by molar-refractivity contribution is -0.128. The molecule has 0 unspecified atom stereocenters. The molecule has 0 aliphatic heterocycles. The van der Waals surface area contributed by atoms with Gasteiger partial charge in [-0.15, -0.1) is 0 Å². The van der Waals surface area contributed by atoms with E-state index in [0.717, 1.165) is 0 Å². The molecular formula is C14H18N2O3. The molecule has 1 aromatic rings. The lowest BCUT2D eigenvalue weighted by atomic mass is 10.2. The number of carbonyl (C=O) groups is 1. The van der Waals surface area contributed by atoms with E-state index in [0.29, 0.717) is 36.5 Å². The first-order valence-corrected chi connectivity index (χ1v) is 5.99. The highest BCUT2D eigenvalue weighted by molar-refractivity contribution is 5.75. The van der Waals surface area contributed by atoms with E-state index in [2.05, 4.69) is 0 Å². The number of amides is 1. The van der Waals surface area contributed by atoms with E-state index in [-0.39, 0.29) is 5.91 Å². The molecule has 0 radical (unpaired) electrons. The van der Waals surface area contributed by atoms with Crippen LogP contribution in [0.15, 0.2) is 18.2 Å². The topological polar surface area (TPSA) is 62.6 Å². The van der Waals surface area contributed by atoms with Gasteiger partial charge in [0.2, 0.25) is 5.91 Å². The van der Waals surface area contributed by atoms with Crippen molar-refractivity contribution in [3.05, 3.63) is 23.8 Å². The Balaban J connectivity index is 2.49. The Labute approximate surface area is 113 Å². The maximum atomic E-state index is 11.4. The van der Waals surface area contributed by atoms with Crippen LogP contribution in [0.25, 0.3) is 0 Å². The third kappa shape index (κ3) is 4.88. The predicted molar refractivity (Wildman–Crippen MR) is 71.1 cm³/mol. The van der Waals surface area contributed by atoms with Gasteiger partial charge in [-0.1, -0.05) is 0 Å². The van der Waals surface area contributed by atoms with Crippen LogP contribution in [0.1, 0.15) is 18.4 Å². The first-order chi connectivity index (χ1) is 9.06. The van der Waals surface area contributed by atoms with Crippen molar-refractivity contribution >= 4 is 5.91 Å². The second-order valence-electron chi connectivity index (χ2n) is 4.25. The zero-order chi connectivity index (χ0) is 14.3. The Hall–Kier alpha value is -2.22. The van der Waals surface area contributed by atoms with Gasteiger partial charge >= 0.3 is 0 Å². The highest BCUT2D eigenvalue weighted by Gasteiger charge is 2.05. The number of hydrogen-bond acceptors (Lipinski definition) is 4. The molecule has 5 heteroatoms. The van der Waals surface area contributed by atoms with Gasteiger partial charge in [0, 0.05) is 26.6 Å². The van der Waals surface area contributed by atoms with Crippen LogP contribution in [0.3, 0.4) is 0 Å². The summed E-state index contributed by atoms with van der Waals surface area (Å²) in [6.45, 7) is 0.428. The van der Waals surface area contributed by atoms with Crippen LogP contribution in [0.4, 0.5) is 0 Å². The van der Waals surface area contributed by atoms with Crippen LogP contribution in [0.2, 0.25) is 0 Å². The van der Waals surface area contributed by atoms with Gasteiger partial charge in [-0.05, 0) is 18.6 Å². The zero-order valence-electron chi connectivity index (χ0n) is 11.5.